The Morgan fingerprint density at radius 3 is 2.76 bits per heavy atom. The number of hydrogen-bond donors (Lipinski definition) is 4. The number of carbonyl (C=O) groups excluding carboxylic acids is 1. The van der Waals surface area contributed by atoms with Crippen LogP contribution in [-0.2, 0) is 19.5 Å². The van der Waals surface area contributed by atoms with E-state index >= 15 is 0 Å². The van der Waals surface area contributed by atoms with Gasteiger partial charge in [0, 0.05) is 25.4 Å². The van der Waals surface area contributed by atoms with E-state index in [0.717, 1.165) is 28.2 Å². The summed E-state index contributed by atoms with van der Waals surface area (Å²) in [5.74, 6) is 0.898. The number of carbonyl (C=O) groups is 1. The fraction of sp³-hybridized carbons (Fsp3) is 0.211. The second-order valence-electron chi connectivity index (χ2n) is 6.24. The van der Waals surface area contributed by atoms with Crippen molar-refractivity contribution in [3.63, 3.8) is 0 Å². The Labute approximate surface area is 170 Å². The van der Waals surface area contributed by atoms with Crippen LogP contribution < -0.4 is 10.6 Å². The zero-order valence-electron chi connectivity index (χ0n) is 15.4. The lowest BCUT2D eigenvalue weighted by molar-refractivity contribution is 0.0943. The third-order valence-corrected chi connectivity index (χ3v) is 5.06. The summed E-state index contributed by atoms with van der Waals surface area (Å²) in [5, 5.41) is 16.6. The van der Waals surface area contributed by atoms with Gasteiger partial charge in [0.15, 0.2) is 5.69 Å². The van der Waals surface area contributed by atoms with Crippen LogP contribution in [0.25, 0.3) is 11.0 Å². The number of aromatic nitrogens is 5. The molecule has 9 nitrogen and oxygen atoms in total. The first-order chi connectivity index (χ1) is 14.2. The Morgan fingerprint density at radius 2 is 1.93 bits per heavy atom. The second-order valence-corrected chi connectivity index (χ2v) is 7.30. The predicted molar refractivity (Wildman–Crippen MR) is 108 cm³/mol. The maximum atomic E-state index is 12.2. The molecule has 0 spiro atoms. The van der Waals surface area contributed by atoms with Crippen molar-refractivity contribution in [2.45, 2.75) is 19.5 Å². The summed E-state index contributed by atoms with van der Waals surface area (Å²) in [6, 6.07) is 9.57. The van der Waals surface area contributed by atoms with Gasteiger partial charge in [-0.3, -0.25) is 4.79 Å². The maximum Gasteiger partial charge on any atom is 0.275 e. The first kappa shape index (κ1) is 19.0. The standard InChI is InChI=1S/C19H19N7O2S/c27-18(23-11-14-21-7-3-8-22-14)17-19(28)29-16(26-17)6-9-20-10-15-24-12-4-1-2-5-13(12)25-15/h1-5,7-8,20,28H,6,9-11H2,(H,23,27)(H,24,25). The number of nitrogens with zero attached hydrogens (tertiary/aromatic N) is 4. The van der Waals surface area contributed by atoms with Crippen molar-refractivity contribution in [2.75, 3.05) is 6.54 Å². The summed E-state index contributed by atoms with van der Waals surface area (Å²) in [6.45, 7) is 1.41. The van der Waals surface area contributed by atoms with Gasteiger partial charge in [-0.25, -0.2) is 19.9 Å². The molecular weight excluding hydrogens is 390 g/mol. The van der Waals surface area contributed by atoms with E-state index < -0.39 is 5.91 Å². The number of fused-ring (bicyclic) bond motifs is 1. The van der Waals surface area contributed by atoms with E-state index in [1.807, 2.05) is 24.3 Å². The van der Waals surface area contributed by atoms with Gasteiger partial charge in [-0.1, -0.05) is 23.5 Å². The molecule has 0 atom stereocenters. The molecule has 0 aliphatic heterocycles. The highest BCUT2D eigenvalue weighted by atomic mass is 32.1. The van der Waals surface area contributed by atoms with Gasteiger partial charge in [-0.05, 0) is 18.2 Å². The van der Waals surface area contributed by atoms with Crippen LogP contribution in [0.4, 0.5) is 0 Å². The Balaban J connectivity index is 1.27. The van der Waals surface area contributed by atoms with E-state index in [-0.39, 0.29) is 17.3 Å². The number of imidazole rings is 1. The van der Waals surface area contributed by atoms with Crippen LogP contribution in [-0.4, -0.2) is 42.5 Å². The van der Waals surface area contributed by atoms with Crippen LogP contribution in [0, 0.1) is 0 Å². The average molecular weight is 409 g/mol. The van der Waals surface area contributed by atoms with Crippen LogP contribution >= 0.6 is 11.3 Å². The molecule has 29 heavy (non-hydrogen) atoms. The van der Waals surface area contributed by atoms with Gasteiger partial charge >= 0.3 is 0 Å². The largest absolute Gasteiger partial charge is 0.498 e. The Kier molecular flexibility index (Phi) is 5.73. The Hall–Kier alpha value is -3.37. The smallest absolute Gasteiger partial charge is 0.275 e. The predicted octanol–water partition coefficient (Wildman–Crippen LogP) is 1.78. The molecule has 148 valence electrons. The molecule has 3 aromatic heterocycles. The number of rotatable bonds is 8. The van der Waals surface area contributed by atoms with Gasteiger partial charge in [0.2, 0.25) is 5.06 Å². The molecular formula is C19H19N7O2S. The third-order valence-electron chi connectivity index (χ3n) is 4.14. The zero-order chi connectivity index (χ0) is 20.1. The van der Waals surface area contributed by atoms with E-state index in [4.69, 9.17) is 0 Å². The summed E-state index contributed by atoms with van der Waals surface area (Å²) in [5.41, 5.74) is 1.97. The topological polar surface area (TPSA) is 129 Å². The summed E-state index contributed by atoms with van der Waals surface area (Å²) >= 11 is 1.10. The highest BCUT2D eigenvalue weighted by Gasteiger charge is 2.17. The van der Waals surface area contributed by atoms with Crippen molar-refractivity contribution in [3.8, 4) is 5.06 Å². The number of hydrogen-bond acceptors (Lipinski definition) is 8. The molecule has 4 aromatic rings. The summed E-state index contributed by atoms with van der Waals surface area (Å²) in [4.78, 5) is 32.3. The summed E-state index contributed by atoms with van der Waals surface area (Å²) < 4.78 is 0. The van der Waals surface area contributed by atoms with Crippen molar-refractivity contribution >= 4 is 28.3 Å². The second kappa shape index (κ2) is 8.76. The first-order valence-electron chi connectivity index (χ1n) is 9.06. The molecule has 0 bridgehead atoms. The van der Waals surface area contributed by atoms with Gasteiger partial charge in [-0.15, -0.1) is 0 Å². The van der Waals surface area contributed by atoms with Gasteiger partial charge in [0.25, 0.3) is 5.91 Å². The summed E-state index contributed by atoms with van der Waals surface area (Å²) in [7, 11) is 0. The van der Waals surface area contributed by atoms with Gasteiger partial charge in [0.1, 0.15) is 11.6 Å². The van der Waals surface area contributed by atoms with Crippen molar-refractivity contribution in [2.24, 2.45) is 0 Å². The van der Waals surface area contributed by atoms with E-state index in [2.05, 4.69) is 35.6 Å². The van der Waals surface area contributed by atoms with Crippen molar-refractivity contribution < 1.29 is 9.90 Å². The van der Waals surface area contributed by atoms with Gasteiger partial charge < -0.3 is 20.7 Å². The highest BCUT2D eigenvalue weighted by molar-refractivity contribution is 7.13. The van der Waals surface area contributed by atoms with Crippen molar-refractivity contribution in [1.82, 2.24) is 35.6 Å². The number of thiazole rings is 1. The molecule has 0 radical (unpaired) electrons. The number of aromatic amines is 1. The number of aromatic hydroxyl groups is 1. The Bertz CT molecular complexity index is 1080. The molecule has 1 amide bonds. The molecule has 1 aromatic carbocycles. The quantitative estimate of drug-likeness (QED) is 0.327. The van der Waals surface area contributed by atoms with Crippen LogP contribution in [0.5, 0.6) is 5.06 Å². The normalized spacial score (nSPS) is 11.0. The summed E-state index contributed by atoms with van der Waals surface area (Å²) in [6.07, 6.45) is 3.80. The molecule has 0 saturated heterocycles. The van der Waals surface area contributed by atoms with Crippen molar-refractivity contribution in [1.29, 1.82) is 0 Å². The molecule has 0 aliphatic carbocycles. The molecule has 10 heteroatoms. The minimum absolute atomic E-state index is 0.0261. The molecule has 4 N–H and O–H groups in total. The monoisotopic (exact) mass is 409 g/mol. The zero-order valence-corrected chi connectivity index (χ0v) is 16.2. The molecule has 0 saturated carbocycles. The first-order valence-corrected chi connectivity index (χ1v) is 9.88. The fourth-order valence-corrected chi connectivity index (χ4v) is 3.57. The van der Waals surface area contributed by atoms with Crippen LogP contribution in [0.2, 0.25) is 0 Å². The van der Waals surface area contributed by atoms with E-state index in [9.17, 15) is 9.90 Å². The number of para-hydroxylation sites is 2. The third kappa shape index (κ3) is 4.73. The number of H-pyrrole nitrogens is 1. The van der Waals surface area contributed by atoms with E-state index in [1.54, 1.807) is 18.5 Å². The van der Waals surface area contributed by atoms with E-state index in [0.29, 0.717) is 30.3 Å². The van der Waals surface area contributed by atoms with Crippen LogP contribution in [0.3, 0.4) is 0 Å². The molecule has 0 unspecified atom stereocenters. The highest BCUT2D eigenvalue weighted by Crippen LogP contribution is 2.25. The molecule has 3 heterocycles. The van der Waals surface area contributed by atoms with Crippen LogP contribution in [0.1, 0.15) is 27.1 Å². The maximum absolute atomic E-state index is 12.2. The fourth-order valence-electron chi connectivity index (χ4n) is 2.77. The van der Waals surface area contributed by atoms with Crippen LogP contribution in [0.15, 0.2) is 42.7 Å². The lowest BCUT2D eigenvalue weighted by atomic mass is 10.3. The average Bonchev–Trinajstić information content (AvgIpc) is 3.33. The number of amides is 1. The molecule has 0 aliphatic rings. The number of nitrogens with one attached hydrogen (secondary N) is 3. The number of benzene rings is 1. The lowest BCUT2D eigenvalue weighted by Crippen LogP contribution is -2.24. The van der Waals surface area contributed by atoms with Gasteiger partial charge in [-0.2, -0.15) is 0 Å². The minimum Gasteiger partial charge on any atom is -0.498 e. The molecule has 4 rings (SSSR count). The van der Waals surface area contributed by atoms with Crippen molar-refractivity contribution in [3.05, 3.63) is 65.1 Å². The SMILES string of the molecule is O=C(NCc1ncccn1)c1nc(CCNCc2nc3ccccc3[nH]2)sc1O. The molecule has 0 fully saturated rings. The minimum atomic E-state index is -0.451. The Morgan fingerprint density at radius 1 is 1.10 bits per heavy atom. The van der Waals surface area contributed by atoms with E-state index in [1.165, 1.54) is 0 Å². The van der Waals surface area contributed by atoms with Gasteiger partial charge in [0.05, 0.1) is 29.1 Å². The lowest BCUT2D eigenvalue weighted by Gasteiger charge is -2.02.